The highest BCUT2D eigenvalue weighted by molar-refractivity contribution is 8.00. The number of anilines is 2. The van der Waals surface area contributed by atoms with Gasteiger partial charge in [-0.2, -0.15) is 0 Å². The van der Waals surface area contributed by atoms with E-state index in [1.54, 1.807) is 13.0 Å². The SMILES string of the molecule is CCC(C(=O)Nc1nnc(SC)s1)N(c1cc(C)ccc1C)S(C)(=O)=O. The Labute approximate surface area is 162 Å². The van der Waals surface area contributed by atoms with Gasteiger partial charge in [0.15, 0.2) is 4.34 Å². The number of carbonyl (C=O) groups is 1. The Morgan fingerprint density at radius 3 is 2.58 bits per heavy atom. The number of sulfonamides is 1. The van der Waals surface area contributed by atoms with Crippen LogP contribution in [0.1, 0.15) is 24.5 Å². The Balaban J connectivity index is 2.41. The van der Waals surface area contributed by atoms with E-state index in [1.807, 2.05) is 32.2 Å². The van der Waals surface area contributed by atoms with E-state index < -0.39 is 22.0 Å². The van der Waals surface area contributed by atoms with E-state index in [-0.39, 0.29) is 0 Å². The molecule has 0 fully saturated rings. The summed E-state index contributed by atoms with van der Waals surface area (Å²) in [5.74, 6) is -0.428. The molecule has 2 rings (SSSR count). The van der Waals surface area contributed by atoms with Crippen LogP contribution in [0.3, 0.4) is 0 Å². The summed E-state index contributed by atoms with van der Waals surface area (Å²) in [6.45, 7) is 5.49. The van der Waals surface area contributed by atoms with Gasteiger partial charge in [0.1, 0.15) is 6.04 Å². The van der Waals surface area contributed by atoms with Gasteiger partial charge in [0.05, 0.1) is 11.9 Å². The Bertz CT molecular complexity index is 896. The van der Waals surface area contributed by atoms with Crippen molar-refractivity contribution in [2.75, 3.05) is 22.1 Å². The van der Waals surface area contributed by atoms with E-state index in [0.29, 0.717) is 17.2 Å². The quantitative estimate of drug-likeness (QED) is 0.553. The van der Waals surface area contributed by atoms with Crippen molar-refractivity contribution in [1.82, 2.24) is 10.2 Å². The summed E-state index contributed by atoms with van der Waals surface area (Å²) in [6, 6.07) is 4.66. The van der Waals surface area contributed by atoms with Crippen LogP contribution in [-0.2, 0) is 14.8 Å². The molecule has 2 aromatic rings. The molecule has 0 bridgehead atoms. The second-order valence-electron chi connectivity index (χ2n) is 5.84. The first kappa shape index (κ1) is 20.7. The number of nitrogens with zero attached hydrogens (tertiary/aromatic N) is 3. The standard InChI is InChI=1S/C16H22N4O3S3/c1-6-12(14(21)17-15-18-19-16(24-4)25-15)20(26(5,22)23)13-9-10(2)7-8-11(13)3/h7-9,12H,6H2,1-5H3,(H,17,18,21). The molecule has 1 amide bonds. The third-order valence-corrected chi connectivity index (χ3v) is 6.72. The molecule has 0 saturated carbocycles. The Morgan fingerprint density at radius 1 is 1.35 bits per heavy atom. The van der Waals surface area contributed by atoms with Crippen LogP contribution < -0.4 is 9.62 Å². The van der Waals surface area contributed by atoms with Crippen LogP contribution in [0, 0.1) is 13.8 Å². The monoisotopic (exact) mass is 414 g/mol. The first-order valence-electron chi connectivity index (χ1n) is 7.92. The van der Waals surface area contributed by atoms with E-state index in [1.165, 1.54) is 27.4 Å². The maximum absolute atomic E-state index is 12.8. The van der Waals surface area contributed by atoms with Crippen molar-refractivity contribution in [3.8, 4) is 0 Å². The third-order valence-electron chi connectivity index (χ3n) is 3.74. The van der Waals surface area contributed by atoms with Gasteiger partial charge in [0, 0.05) is 0 Å². The molecule has 0 saturated heterocycles. The minimum atomic E-state index is -3.67. The molecule has 1 aromatic heterocycles. The molecular weight excluding hydrogens is 392 g/mol. The number of aryl methyl sites for hydroxylation is 2. The normalized spacial score (nSPS) is 12.7. The lowest BCUT2D eigenvalue weighted by molar-refractivity contribution is -0.117. The lowest BCUT2D eigenvalue weighted by Crippen LogP contribution is -2.47. The number of amides is 1. The fraction of sp³-hybridized carbons (Fsp3) is 0.438. The van der Waals surface area contributed by atoms with Crippen molar-refractivity contribution in [2.24, 2.45) is 0 Å². The third kappa shape index (κ3) is 4.74. The fourth-order valence-electron chi connectivity index (χ4n) is 2.52. The van der Waals surface area contributed by atoms with Gasteiger partial charge in [-0.1, -0.05) is 42.2 Å². The van der Waals surface area contributed by atoms with Crippen LogP contribution in [0.5, 0.6) is 0 Å². The first-order chi connectivity index (χ1) is 12.2. The largest absolute Gasteiger partial charge is 0.299 e. The number of thioether (sulfide) groups is 1. The lowest BCUT2D eigenvalue weighted by Gasteiger charge is -2.31. The molecule has 1 heterocycles. The van der Waals surface area contributed by atoms with Crippen molar-refractivity contribution in [3.63, 3.8) is 0 Å². The average Bonchev–Trinajstić information content (AvgIpc) is 3.01. The summed E-state index contributed by atoms with van der Waals surface area (Å²) in [5.41, 5.74) is 2.22. The van der Waals surface area contributed by atoms with Gasteiger partial charge in [-0.05, 0) is 43.7 Å². The van der Waals surface area contributed by atoms with E-state index in [2.05, 4.69) is 15.5 Å². The van der Waals surface area contributed by atoms with Gasteiger partial charge in [-0.3, -0.25) is 14.4 Å². The minimum absolute atomic E-state index is 0.320. The number of hydrogen-bond acceptors (Lipinski definition) is 7. The topological polar surface area (TPSA) is 92.3 Å². The summed E-state index contributed by atoms with van der Waals surface area (Å²) in [5, 5.41) is 10.9. The zero-order valence-electron chi connectivity index (χ0n) is 15.3. The summed E-state index contributed by atoms with van der Waals surface area (Å²) < 4.78 is 27.0. The van der Waals surface area contributed by atoms with Crippen LogP contribution in [0.2, 0.25) is 0 Å². The van der Waals surface area contributed by atoms with Gasteiger partial charge in [0.2, 0.25) is 21.1 Å². The highest BCUT2D eigenvalue weighted by Gasteiger charge is 2.33. The maximum Gasteiger partial charge on any atom is 0.250 e. The molecule has 1 unspecified atom stereocenters. The van der Waals surface area contributed by atoms with Crippen molar-refractivity contribution in [3.05, 3.63) is 29.3 Å². The number of nitrogens with one attached hydrogen (secondary N) is 1. The minimum Gasteiger partial charge on any atom is -0.299 e. The highest BCUT2D eigenvalue weighted by Crippen LogP contribution is 2.29. The van der Waals surface area contributed by atoms with Crippen molar-refractivity contribution >= 4 is 49.8 Å². The second-order valence-corrected chi connectivity index (χ2v) is 9.73. The Morgan fingerprint density at radius 2 is 2.04 bits per heavy atom. The molecule has 10 heteroatoms. The number of benzene rings is 1. The summed E-state index contributed by atoms with van der Waals surface area (Å²) in [4.78, 5) is 12.8. The predicted molar refractivity (Wildman–Crippen MR) is 108 cm³/mol. The number of carbonyl (C=O) groups excluding carboxylic acids is 1. The van der Waals surface area contributed by atoms with Gasteiger partial charge in [-0.25, -0.2) is 8.42 Å². The van der Waals surface area contributed by atoms with Crippen LogP contribution in [0.4, 0.5) is 10.8 Å². The smallest absolute Gasteiger partial charge is 0.250 e. The average molecular weight is 415 g/mol. The lowest BCUT2D eigenvalue weighted by atomic mass is 10.1. The van der Waals surface area contributed by atoms with Crippen LogP contribution in [-0.4, -0.2) is 43.1 Å². The first-order valence-corrected chi connectivity index (χ1v) is 11.8. The van der Waals surface area contributed by atoms with Crippen LogP contribution in [0.15, 0.2) is 22.5 Å². The van der Waals surface area contributed by atoms with E-state index in [4.69, 9.17) is 0 Å². The zero-order valence-corrected chi connectivity index (χ0v) is 17.8. The fourth-order valence-corrected chi connectivity index (χ4v) is 4.96. The second kappa shape index (κ2) is 8.36. The van der Waals surface area contributed by atoms with Gasteiger partial charge in [0.25, 0.3) is 0 Å². The summed E-state index contributed by atoms with van der Waals surface area (Å²) in [6.07, 6.45) is 3.30. The predicted octanol–water partition coefficient (Wildman–Crippen LogP) is 3.06. The summed E-state index contributed by atoms with van der Waals surface area (Å²) in [7, 11) is -3.67. The molecule has 1 aromatic carbocycles. The Hall–Kier alpha value is -1.65. The molecule has 142 valence electrons. The molecule has 26 heavy (non-hydrogen) atoms. The van der Waals surface area contributed by atoms with Crippen molar-refractivity contribution in [2.45, 2.75) is 37.6 Å². The molecule has 0 aliphatic carbocycles. The van der Waals surface area contributed by atoms with Crippen LogP contribution >= 0.6 is 23.1 Å². The van der Waals surface area contributed by atoms with E-state index in [0.717, 1.165) is 21.7 Å². The molecule has 0 aliphatic heterocycles. The molecular formula is C16H22N4O3S3. The van der Waals surface area contributed by atoms with Gasteiger partial charge in [-0.15, -0.1) is 10.2 Å². The zero-order chi connectivity index (χ0) is 19.5. The Kier molecular flexibility index (Phi) is 6.64. The van der Waals surface area contributed by atoms with E-state index >= 15 is 0 Å². The van der Waals surface area contributed by atoms with E-state index in [9.17, 15) is 13.2 Å². The highest BCUT2D eigenvalue weighted by atomic mass is 32.2. The van der Waals surface area contributed by atoms with Crippen molar-refractivity contribution in [1.29, 1.82) is 0 Å². The molecule has 0 spiro atoms. The molecule has 0 aliphatic rings. The van der Waals surface area contributed by atoms with Crippen molar-refractivity contribution < 1.29 is 13.2 Å². The number of hydrogen-bond donors (Lipinski definition) is 1. The van der Waals surface area contributed by atoms with Gasteiger partial charge < -0.3 is 0 Å². The van der Waals surface area contributed by atoms with Crippen LogP contribution in [0.25, 0.3) is 0 Å². The number of aromatic nitrogens is 2. The molecule has 1 atom stereocenters. The molecule has 0 radical (unpaired) electrons. The number of rotatable bonds is 7. The molecule has 1 N–H and O–H groups in total. The molecule has 7 nitrogen and oxygen atoms in total. The van der Waals surface area contributed by atoms with Gasteiger partial charge >= 0.3 is 0 Å². The maximum atomic E-state index is 12.8. The summed E-state index contributed by atoms with van der Waals surface area (Å²) >= 11 is 2.68.